The second-order valence-electron chi connectivity index (χ2n) is 7.37. The Kier molecular flexibility index (Phi) is 4.45. The van der Waals surface area contributed by atoms with E-state index in [2.05, 4.69) is 17.0 Å². The zero-order valence-corrected chi connectivity index (χ0v) is 16.3. The molecule has 0 N–H and O–H groups in total. The second-order valence-corrected chi connectivity index (χ2v) is 8.44. The maximum Gasteiger partial charge on any atom is 0.261 e. The zero-order valence-electron chi connectivity index (χ0n) is 15.5. The van der Waals surface area contributed by atoms with Gasteiger partial charge in [0.2, 0.25) is 0 Å². The van der Waals surface area contributed by atoms with E-state index in [-0.39, 0.29) is 17.9 Å². The Hall–Kier alpha value is -2.57. The summed E-state index contributed by atoms with van der Waals surface area (Å²) >= 11 is 1.76. The van der Waals surface area contributed by atoms with Crippen molar-refractivity contribution in [3.8, 4) is 0 Å². The van der Waals surface area contributed by atoms with Gasteiger partial charge >= 0.3 is 0 Å². The molecule has 3 heterocycles. The Morgan fingerprint density at radius 3 is 2.39 bits per heavy atom. The van der Waals surface area contributed by atoms with Gasteiger partial charge in [0.25, 0.3) is 11.8 Å². The van der Waals surface area contributed by atoms with E-state index < -0.39 is 0 Å². The van der Waals surface area contributed by atoms with Gasteiger partial charge in [0, 0.05) is 13.1 Å². The summed E-state index contributed by atoms with van der Waals surface area (Å²) in [6.07, 6.45) is 3.40. The predicted octanol–water partition coefficient (Wildman–Crippen LogP) is 4.12. The van der Waals surface area contributed by atoms with Crippen LogP contribution in [0.4, 0.5) is 0 Å². The minimum atomic E-state index is -0.172. The highest BCUT2D eigenvalue weighted by molar-refractivity contribution is 7.18. The lowest BCUT2D eigenvalue weighted by Crippen LogP contribution is -2.41. The zero-order chi connectivity index (χ0) is 19.1. The highest BCUT2D eigenvalue weighted by Gasteiger charge is 2.36. The highest BCUT2D eigenvalue weighted by Crippen LogP contribution is 2.35. The molecule has 1 aromatic heterocycles. The maximum absolute atomic E-state index is 12.6. The number of likely N-dealkylation sites (tertiary alicyclic amines) is 1. The molecule has 1 atom stereocenters. The number of nitrogens with zero attached hydrogens (tertiary/aromatic N) is 3. The Bertz CT molecular complexity index is 993. The molecule has 5 nitrogen and oxygen atoms in total. The van der Waals surface area contributed by atoms with Crippen molar-refractivity contribution >= 4 is 33.4 Å². The molecule has 3 aromatic rings. The summed E-state index contributed by atoms with van der Waals surface area (Å²) in [7, 11) is 0. The van der Waals surface area contributed by atoms with E-state index in [4.69, 9.17) is 4.98 Å². The standard InChI is InChI=1S/C22H21N3O2S/c26-21-15-7-1-2-8-16(15)22(27)25(21)14-13-24-12-6-5-10-18(24)20-23-17-9-3-4-11-19(17)28-20/h1-4,7-9,11,18H,5-6,10,12-14H2. The molecule has 0 bridgehead atoms. The van der Waals surface area contributed by atoms with Gasteiger partial charge < -0.3 is 0 Å². The molecule has 6 heteroatoms. The lowest BCUT2D eigenvalue weighted by atomic mass is 10.0. The third kappa shape index (κ3) is 2.93. The molecule has 28 heavy (non-hydrogen) atoms. The maximum atomic E-state index is 12.6. The molecule has 2 aliphatic rings. The number of thiazole rings is 1. The first-order valence-corrected chi connectivity index (χ1v) is 10.6. The number of rotatable bonds is 4. The summed E-state index contributed by atoms with van der Waals surface area (Å²) in [5.41, 5.74) is 2.09. The molecule has 2 aromatic carbocycles. The van der Waals surface area contributed by atoms with Crippen molar-refractivity contribution < 1.29 is 9.59 Å². The normalized spacial score (nSPS) is 20.1. The first kappa shape index (κ1) is 17.5. The summed E-state index contributed by atoms with van der Waals surface area (Å²) < 4.78 is 1.21. The van der Waals surface area contributed by atoms with Gasteiger partial charge in [-0.05, 0) is 43.7 Å². The van der Waals surface area contributed by atoms with Crippen molar-refractivity contribution in [1.29, 1.82) is 0 Å². The molecular formula is C22H21N3O2S. The van der Waals surface area contributed by atoms with Crippen molar-refractivity contribution in [2.75, 3.05) is 19.6 Å². The Morgan fingerprint density at radius 1 is 0.929 bits per heavy atom. The topological polar surface area (TPSA) is 53.5 Å². The summed E-state index contributed by atoms with van der Waals surface area (Å²) in [6, 6.07) is 15.6. The molecule has 1 unspecified atom stereocenters. The van der Waals surface area contributed by atoms with Crippen LogP contribution in [-0.4, -0.2) is 46.2 Å². The Labute approximate surface area is 167 Å². The minimum Gasteiger partial charge on any atom is -0.292 e. The molecule has 1 saturated heterocycles. The number of aromatic nitrogens is 1. The van der Waals surface area contributed by atoms with E-state index in [1.807, 2.05) is 12.1 Å². The third-order valence-electron chi connectivity index (χ3n) is 5.70. The molecule has 5 rings (SSSR count). The van der Waals surface area contributed by atoms with Gasteiger partial charge in [0.1, 0.15) is 5.01 Å². The fraction of sp³-hybridized carbons (Fsp3) is 0.318. The SMILES string of the molecule is O=C1c2ccccc2C(=O)N1CCN1CCCCC1c1nc2ccccc2s1. The van der Waals surface area contributed by atoms with Crippen molar-refractivity contribution in [3.05, 3.63) is 64.7 Å². The molecule has 0 spiro atoms. The van der Waals surface area contributed by atoms with Gasteiger partial charge in [-0.15, -0.1) is 11.3 Å². The summed E-state index contributed by atoms with van der Waals surface area (Å²) in [5.74, 6) is -0.344. The van der Waals surface area contributed by atoms with Crippen LogP contribution < -0.4 is 0 Å². The van der Waals surface area contributed by atoms with Crippen LogP contribution in [0.1, 0.15) is 51.0 Å². The first-order chi connectivity index (χ1) is 13.7. The number of para-hydroxylation sites is 1. The van der Waals surface area contributed by atoms with E-state index in [0.29, 0.717) is 24.2 Å². The van der Waals surface area contributed by atoms with E-state index in [1.54, 1.807) is 35.6 Å². The van der Waals surface area contributed by atoms with Crippen LogP contribution in [0.25, 0.3) is 10.2 Å². The lowest BCUT2D eigenvalue weighted by molar-refractivity contribution is 0.0607. The molecule has 0 radical (unpaired) electrons. The van der Waals surface area contributed by atoms with Gasteiger partial charge in [-0.3, -0.25) is 19.4 Å². The summed E-state index contributed by atoms with van der Waals surface area (Å²) in [6.45, 7) is 2.09. The van der Waals surface area contributed by atoms with E-state index in [1.165, 1.54) is 16.0 Å². The lowest BCUT2D eigenvalue weighted by Gasteiger charge is -2.35. The average Bonchev–Trinajstić information content (AvgIpc) is 3.27. The van der Waals surface area contributed by atoms with Crippen molar-refractivity contribution in [2.45, 2.75) is 25.3 Å². The number of benzene rings is 2. The largest absolute Gasteiger partial charge is 0.292 e. The number of piperidine rings is 1. The molecule has 0 aliphatic carbocycles. The molecule has 2 amide bonds. The van der Waals surface area contributed by atoms with Gasteiger partial charge in [-0.25, -0.2) is 4.98 Å². The van der Waals surface area contributed by atoms with Crippen molar-refractivity contribution in [2.24, 2.45) is 0 Å². The van der Waals surface area contributed by atoms with Gasteiger partial charge in [0.05, 0.1) is 27.4 Å². The number of imide groups is 1. The summed E-state index contributed by atoms with van der Waals surface area (Å²) in [5, 5.41) is 1.14. The number of carbonyl (C=O) groups excluding carboxylic acids is 2. The smallest absolute Gasteiger partial charge is 0.261 e. The molecule has 2 aliphatic heterocycles. The monoisotopic (exact) mass is 391 g/mol. The fourth-order valence-corrected chi connectivity index (χ4v) is 5.38. The summed E-state index contributed by atoms with van der Waals surface area (Å²) in [4.78, 5) is 33.9. The number of hydrogen-bond donors (Lipinski definition) is 0. The van der Waals surface area contributed by atoms with Crippen molar-refractivity contribution in [1.82, 2.24) is 14.8 Å². The van der Waals surface area contributed by atoms with Crippen LogP contribution in [0.15, 0.2) is 48.5 Å². The fourth-order valence-electron chi connectivity index (χ4n) is 4.24. The highest BCUT2D eigenvalue weighted by atomic mass is 32.1. The minimum absolute atomic E-state index is 0.172. The first-order valence-electron chi connectivity index (χ1n) is 9.77. The third-order valence-corrected chi connectivity index (χ3v) is 6.84. The van der Waals surface area contributed by atoms with Gasteiger partial charge in [0.15, 0.2) is 0 Å². The second kappa shape index (κ2) is 7.11. The number of carbonyl (C=O) groups is 2. The predicted molar refractivity (Wildman–Crippen MR) is 110 cm³/mol. The van der Waals surface area contributed by atoms with Crippen LogP contribution in [-0.2, 0) is 0 Å². The Morgan fingerprint density at radius 2 is 1.64 bits per heavy atom. The van der Waals surface area contributed by atoms with Crippen LogP contribution >= 0.6 is 11.3 Å². The van der Waals surface area contributed by atoms with E-state index >= 15 is 0 Å². The van der Waals surface area contributed by atoms with E-state index in [0.717, 1.165) is 29.9 Å². The number of hydrogen-bond acceptors (Lipinski definition) is 5. The average molecular weight is 391 g/mol. The molecule has 1 fully saturated rings. The number of fused-ring (bicyclic) bond motifs is 2. The number of amides is 2. The van der Waals surface area contributed by atoms with Crippen LogP contribution in [0.3, 0.4) is 0 Å². The molecular weight excluding hydrogens is 370 g/mol. The van der Waals surface area contributed by atoms with Crippen LogP contribution in [0, 0.1) is 0 Å². The van der Waals surface area contributed by atoms with Gasteiger partial charge in [-0.2, -0.15) is 0 Å². The molecule has 0 saturated carbocycles. The van der Waals surface area contributed by atoms with Crippen LogP contribution in [0.5, 0.6) is 0 Å². The molecule has 142 valence electrons. The Balaban J connectivity index is 1.34. The van der Waals surface area contributed by atoms with Crippen molar-refractivity contribution in [3.63, 3.8) is 0 Å². The van der Waals surface area contributed by atoms with E-state index in [9.17, 15) is 9.59 Å². The quantitative estimate of drug-likeness (QED) is 0.628. The van der Waals surface area contributed by atoms with Gasteiger partial charge in [-0.1, -0.05) is 30.7 Å². The van der Waals surface area contributed by atoms with Crippen LogP contribution in [0.2, 0.25) is 0 Å².